The molecular formula is C19H22ClN3O4. The molecule has 27 heavy (non-hydrogen) atoms. The van der Waals surface area contributed by atoms with Gasteiger partial charge in [-0.3, -0.25) is 4.79 Å². The van der Waals surface area contributed by atoms with Crippen LogP contribution in [0.2, 0.25) is 5.15 Å². The van der Waals surface area contributed by atoms with Gasteiger partial charge in [0.15, 0.2) is 0 Å². The van der Waals surface area contributed by atoms with E-state index < -0.39 is 0 Å². The molecule has 0 radical (unpaired) electrons. The van der Waals surface area contributed by atoms with Crippen LogP contribution in [0.4, 0.5) is 5.82 Å². The van der Waals surface area contributed by atoms with Gasteiger partial charge in [0, 0.05) is 31.5 Å². The lowest BCUT2D eigenvalue weighted by atomic mass is 10.1. The monoisotopic (exact) mass is 391 g/mol. The molecule has 144 valence electrons. The van der Waals surface area contributed by atoms with E-state index in [0.29, 0.717) is 11.4 Å². The summed E-state index contributed by atoms with van der Waals surface area (Å²) in [5.41, 5.74) is 0.598. The lowest BCUT2D eigenvalue weighted by molar-refractivity contribution is -0.139. The number of carbonyl (C=O) groups is 1. The number of carbonyl (C=O) groups excluding carboxylic acids is 1. The molecule has 1 aliphatic heterocycles. The number of methoxy groups -OCH3 is 2. The zero-order chi connectivity index (χ0) is 19.2. The zero-order valence-corrected chi connectivity index (χ0v) is 16.1. The van der Waals surface area contributed by atoms with E-state index in [9.17, 15) is 4.79 Å². The van der Waals surface area contributed by atoms with Crippen LogP contribution in [0.25, 0.3) is 0 Å². The minimum Gasteiger partial charge on any atom is -0.497 e. The van der Waals surface area contributed by atoms with Gasteiger partial charge in [-0.2, -0.15) is 0 Å². The molecule has 3 rings (SSSR count). The van der Waals surface area contributed by atoms with Crippen molar-refractivity contribution in [3.05, 3.63) is 41.3 Å². The van der Waals surface area contributed by atoms with Crippen LogP contribution in [0.3, 0.4) is 0 Å². The highest BCUT2D eigenvalue weighted by Crippen LogP contribution is 2.28. The van der Waals surface area contributed by atoms with Crippen LogP contribution >= 0.6 is 11.6 Å². The number of esters is 1. The topological polar surface area (TPSA) is 73.8 Å². The van der Waals surface area contributed by atoms with Gasteiger partial charge in [-0.15, -0.1) is 0 Å². The van der Waals surface area contributed by atoms with Gasteiger partial charge in [-0.05, 0) is 24.3 Å². The van der Waals surface area contributed by atoms with E-state index in [2.05, 4.69) is 14.9 Å². The second-order valence-corrected chi connectivity index (χ2v) is 6.56. The van der Waals surface area contributed by atoms with E-state index in [-0.39, 0.29) is 23.6 Å². The second-order valence-electron chi connectivity index (χ2n) is 6.20. The number of ether oxygens (including phenoxy) is 3. The summed E-state index contributed by atoms with van der Waals surface area (Å²) in [6.45, 7) is 1.50. The van der Waals surface area contributed by atoms with Crippen LogP contribution in [0.5, 0.6) is 11.5 Å². The lowest BCUT2D eigenvalue weighted by Crippen LogP contribution is -2.39. The van der Waals surface area contributed by atoms with E-state index in [1.165, 1.54) is 13.4 Å². The summed E-state index contributed by atoms with van der Waals surface area (Å²) in [6.07, 6.45) is 3.26. The first-order valence-electron chi connectivity index (χ1n) is 8.72. The van der Waals surface area contributed by atoms with Gasteiger partial charge < -0.3 is 19.1 Å². The fraction of sp³-hybridized carbons (Fsp3) is 0.421. The van der Waals surface area contributed by atoms with Gasteiger partial charge in [0.2, 0.25) is 0 Å². The third kappa shape index (κ3) is 4.80. The van der Waals surface area contributed by atoms with Gasteiger partial charge in [0.05, 0.1) is 20.6 Å². The highest BCUT2D eigenvalue weighted by molar-refractivity contribution is 6.30. The van der Waals surface area contributed by atoms with E-state index in [4.69, 9.17) is 25.8 Å². The van der Waals surface area contributed by atoms with Crippen LogP contribution in [0.15, 0.2) is 30.6 Å². The summed E-state index contributed by atoms with van der Waals surface area (Å²) < 4.78 is 16.0. The first kappa shape index (κ1) is 19.2. The molecule has 7 nitrogen and oxygen atoms in total. The van der Waals surface area contributed by atoms with Crippen molar-refractivity contribution in [2.24, 2.45) is 0 Å². The number of anilines is 1. The molecule has 0 saturated carbocycles. The molecule has 0 bridgehead atoms. The number of aromatic nitrogens is 2. The van der Waals surface area contributed by atoms with Gasteiger partial charge >= 0.3 is 5.97 Å². The van der Waals surface area contributed by atoms with Crippen molar-refractivity contribution in [3.8, 4) is 11.5 Å². The number of halogens is 1. The number of hydrogen-bond donors (Lipinski definition) is 0. The van der Waals surface area contributed by atoms with Gasteiger partial charge in [0.1, 0.15) is 34.9 Å². The number of nitrogens with zero attached hydrogens (tertiary/aromatic N) is 3. The Kier molecular flexibility index (Phi) is 6.34. The number of piperidine rings is 1. The lowest BCUT2D eigenvalue weighted by Gasteiger charge is -2.33. The van der Waals surface area contributed by atoms with Crippen molar-refractivity contribution < 1.29 is 19.0 Å². The minimum atomic E-state index is -0.370. The molecule has 1 saturated heterocycles. The molecule has 2 aromatic rings. The Morgan fingerprint density at radius 2 is 1.81 bits per heavy atom. The zero-order valence-electron chi connectivity index (χ0n) is 15.4. The molecule has 8 heteroatoms. The molecular weight excluding hydrogens is 370 g/mol. The van der Waals surface area contributed by atoms with Gasteiger partial charge in [-0.1, -0.05) is 11.6 Å². The molecule has 0 unspecified atom stereocenters. The Morgan fingerprint density at radius 1 is 1.15 bits per heavy atom. The number of benzene rings is 1. The van der Waals surface area contributed by atoms with Crippen molar-refractivity contribution in [1.29, 1.82) is 0 Å². The largest absolute Gasteiger partial charge is 0.497 e. The molecule has 2 heterocycles. The summed E-state index contributed by atoms with van der Waals surface area (Å²) in [5.74, 6) is 1.94. The molecule has 0 spiro atoms. The normalized spacial score (nSPS) is 14.7. The smallest absolute Gasteiger partial charge is 0.310 e. The predicted molar refractivity (Wildman–Crippen MR) is 102 cm³/mol. The van der Waals surface area contributed by atoms with Crippen LogP contribution in [-0.4, -0.2) is 49.4 Å². The van der Waals surface area contributed by atoms with Crippen LogP contribution in [-0.2, 0) is 16.0 Å². The first-order chi connectivity index (χ1) is 13.1. The molecule has 0 atom stereocenters. The quantitative estimate of drug-likeness (QED) is 0.553. The van der Waals surface area contributed by atoms with Crippen LogP contribution in [0, 0.1) is 0 Å². The van der Waals surface area contributed by atoms with Crippen molar-refractivity contribution >= 4 is 23.4 Å². The molecule has 1 aliphatic rings. The summed E-state index contributed by atoms with van der Waals surface area (Å²) in [4.78, 5) is 22.1. The molecule has 0 aliphatic carbocycles. The molecule has 0 amide bonds. The van der Waals surface area contributed by atoms with E-state index in [0.717, 1.165) is 37.4 Å². The maximum absolute atomic E-state index is 11.7. The maximum atomic E-state index is 11.7. The maximum Gasteiger partial charge on any atom is 0.310 e. The van der Waals surface area contributed by atoms with E-state index in [1.54, 1.807) is 7.11 Å². The summed E-state index contributed by atoms with van der Waals surface area (Å²) in [6, 6.07) is 7.58. The van der Waals surface area contributed by atoms with Crippen LogP contribution < -0.4 is 14.4 Å². The second kappa shape index (κ2) is 8.90. The Hall–Kier alpha value is -2.54. The SMILES string of the molecule is COC(=O)Cc1c(Cl)ncnc1N1CCC(Oc2ccc(OC)cc2)CC1. The average Bonchev–Trinajstić information content (AvgIpc) is 2.70. The fourth-order valence-corrected chi connectivity index (χ4v) is 3.25. The molecule has 1 fully saturated rings. The van der Waals surface area contributed by atoms with Gasteiger partial charge in [0.25, 0.3) is 0 Å². The van der Waals surface area contributed by atoms with E-state index >= 15 is 0 Å². The van der Waals surface area contributed by atoms with Gasteiger partial charge in [-0.25, -0.2) is 9.97 Å². The van der Waals surface area contributed by atoms with Crippen molar-refractivity contribution in [2.75, 3.05) is 32.2 Å². The Labute approximate surface area is 163 Å². The summed E-state index contributed by atoms with van der Waals surface area (Å²) in [7, 11) is 2.99. The first-order valence-corrected chi connectivity index (χ1v) is 9.10. The van der Waals surface area contributed by atoms with Crippen molar-refractivity contribution in [2.45, 2.75) is 25.4 Å². The standard InChI is InChI=1S/C19H22ClN3O4/c1-25-13-3-5-14(6-4-13)27-15-7-9-23(10-8-15)19-16(11-17(24)26-2)18(20)21-12-22-19/h3-6,12,15H,7-11H2,1-2H3. The van der Waals surface area contributed by atoms with Crippen molar-refractivity contribution in [3.63, 3.8) is 0 Å². The Bertz CT molecular complexity index is 777. The minimum absolute atomic E-state index is 0.0494. The summed E-state index contributed by atoms with van der Waals surface area (Å²) >= 11 is 6.19. The average molecular weight is 392 g/mol. The summed E-state index contributed by atoms with van der Waals surface area (Å²) in [5, 5.41) is 0.280. The molecule has 0 N–H and O–H groups in total. The Morgan fingerprint density at radius 3 is 2.44 bits per heavy atom. The van der Waals surface area contributed by atoms with Crippen molar-refractivity contribution in [1.82, 2.24) is 9.97 Å². The fourth-order valence-electron chi connectivity index (χ4n) is 3.06. The van der Waals surface area contributed by atoms with Crippen LogP contribution in [0.1, 0.15) is 18.4 Å². The highest BCUT2D eigenvalue weighted by atomic mass is 35.5. The third-order valence-electron chi connectivity index (χ3n) is 4.52. The molecule has 1 aromatic carbocycles. The van der Waals surface area contributed by atoms with E-state index in [1.807, 2.05) is 24.3 Å². The Balaban J connectivity index is 1.63. The predicted octanol–water partition coefficient (Wildman–Crippen LogP) is 2.90. The number of rotatable bonds is 6. The number of hydrogen-bond acceptors (Lipinski definition) is 7. The molecule has 1 aromatic heterocycles. The third-order valence-corrected chi connectivity index (χ3v) is 4.85. The highest BCUT2D eigenvalue weighted by Gasteiger charge is 2.25.